The zero-order chi connectivity index (χ0) is 14.1. The lowest BCUT2D eigenvalue weighted by Gasteiger charge is -2.11. The second kappa shape index (κ2) is 5.72. The molecule has 1 unspecified atom stereocenters. The van der Waals surface area contributed by atoms with Gasteiger partial charge in [-0.1, -0.05) is 18.2 Å². The van der Waals surface area contributed by atoms with Crippen LogP contribution in [0.4, 0.5) is 0 Å². The molecule has 0 spiro atoms. The van der Waals surface area contributed by atoms with Crippen LogP contribution in [0.5, 0.6) is 0 Å². The summed E-state index contributed by atoms with van der Waals surface area (Å²) >= 11 is 5.40. The molecule has 3 rings (SSSR count). The van der Waals surface area contributed by atoms with Crippen molar-refractivity contribution in [1.29, 1.82) is 0 Å². The molecule has 2 aromatic heterocycles. The van der Waals surface area contributed by atoms with E-state index in [0.29, 0.717) is 0 Å². The SMILES string of the molecule is CC(N)Cc1cccc2ccn(Cc3sccc3Br)c12. The monoisotopic (exact) mass is 348 g/mol. The first-order valence-corrected chi connectivity index (χ1v) is 8.36. The molecule has 2 N–H and O–H groups in total. The minimum atomic E-state index is 0.178. The highest BCUT2D eigenvalue weighted by molar-refractivity contribution is 9.10. The maximum Gasteiger partial charge on any atom is 0.0580 e. The van der Waals surface area contributed by atoms with E-state index in [-0.39, 0.29) is 6.04 Å². The fraction of sp³-hybridized carbons (Fsp3) is 0.250. The van der Waals surface area contributed by atoms with Gasteiger partial charge in [0, 0.05) is 21.6 Å². The van der Waals surface area contributed by atoms with Crippen LogP contribution in [0.15, 0.2) is 46.4 Å². The minimum Gasteiger partial charge on any atom is -0.342 e. The van der Waals surface area contributed by atoms with E-state index in [4.69, 9.17) is 5.73 Å². The smallest absolute Gasteiger partial charge is 0.0580 e. The fourth-order valence-electron chi connectivity index (χ4n) is 2.58. The average molecular weight is 349 g/mol. The van der Waals surface area contributed by atoms with Gasteiger partial charge in [-0.25, -0.2) is 0 Å². The molecule has 0 saturated heterocycles. The van der Waals surface area contributed by atoms with Gasteiger partial charge in [0.1, 0.15) is 0 Å². The van der Waals surface area contributed by atoms with E-state index in [0.717, 1.165) is 13.0 Å². The summed E-state index contributed by atoms with van der Waals surface area (Å²) in [6, 6.07) is 10.9. The molecule has 2 nitrogen and oxygen atoms in total. The Balaban J connectivity index is 2.05. The molecule has 104 valence electrons. The number of fused-ring (bicyclic) bond motifs is 1. The number of para-hydroxylation sites is 1. The van der Waals surface area contributed by atoms with Gasteiger partial charge in [0.25, 0.3) is 0 Å². The fourth-order valence-corrected chi connectivity index (χ4v) is 4.05. The van der Waals surface area contributed by atoms with Crippen molar-refractivity contribution < 1.29 is 0 Å². The number of rotatable bonds is 4. The highest BCUT2D eigenvalue weighted by atomic mass is 79.9. The summed E-state index contributed by atoms with van der Waals surface area (Å²) < 4.78 is 3.51. The summed E-state index contributed by atoms with van der Waals surface area (Å²) in [5.41, 5.74) is 8.62. The van der Waals surface area contributed by atoms with Crippen molar-refractivity contribution in [2.24, 2.45) is 5.73 Å². The van der Waals surface area contributed by atoms with Crippen LogP contribution in [-0.4, -0.2) is 10.6 Å². The van der Waals surface area contributed by atoms with E-state index in [1.807, 2.05) is 0 Å². The standard InChI is InChI=1S/C16H17BrN2S/c1-11(18)9-13-4-2-3-12-5-7-19(16(12)13)10-15-14(17)6-8-20-15/h2-8,11H,9-10,18H2,1H3. The van der Waals surface area contributed by atoms with Crippen LogP contribution in [0.1, 0.15) is 17.4 Å². The van der Waals surface area contributed by atoms with Crippen LogP contribution in [0, 0.1) is 0 Å². The molecule has 1 aromatic carbocycles. The third-order valence-corrected chi connectivity index (χ3v) is 5.33. The van der Waals surface area contributed by atoms with Crippen LogP contribution in [-0.2, 0) is 13.0 Å². The summed E-state index contributed by atoms with van der Waals surface area (Å²) in [7, 11) is 0. The van der Waals surface area contributed by atoms with Gasteiger partial charge in [0.05, 0.1) is 12.1 Å². The Bertz CT molecular complexity index is 727. The summed E-state index contributed by atoms with van der Waals surface area (Å²) in [4.78, 5) is 1.35. The highest BCUT2D eigenvalue weighted by Crippen LogP contribution is 2.27. The molecule has 0 saturated carbocycles. The van der Waals surface area contributed by atoms with Crippen molar-refractivity contribution in [3.8, 4) is 0 Å². The minimum absolute atomic E-state index is 0.178. The van der Waals surface area contributed by atoms with Crippen molar-refractivity contribution in [2.45, 2.75) is 25.9 Å². The van der Waals surface area contributed by atoms with Gasteiger partial charge in [0.2, 0.25) is 0 Å². The molecule has 4 heteroatoms. The summed E-state index contributed by atoms with van der Waals surface area (Å²) in [5, 5.41) is 3.41. The molecule has 0 amide bonds. The van der Waals surface area contributed by atoms with Crippen molar-refractivity contribution in [3.63, 3.8) is 0 Å². The van der Waals surface area contributed by atoms with Crippen LogP contribution >= 0.6 is 27.3 Å². The third kappa shape index (κ3) is 2.68. The molecular weight excluding hydrogens is 332 g/mol. The maximum atomic E-state index is 5.98. The van der Waals surface area contributed by atoms with E-state index in [2.05, 4.69) is 69.3 Å². The van der Waals surface area contributed by atoms with Crippen LogP contribution in [0.3, 0.4) is 0 Å². The van der Waals surface area contributed by atoms with Gasteiger partial charge in [-0.15, -0.1) is 11.3 Å². The number of thiophene rings is 1. The Hall–Kier alpha value is -1.10. The predicted molar refractivity (Wildman–Crippen MR) is 90.4 cm³/mol. The third-order valence-electron chi connectivity index (χ3n) is 3.42. The Labute approximate surface area is 131 Å². The molecular formula is C16H17BrN2S. The van der Waals surface area contributed by atoms with E-state index in [1.165, 1.54) is 25.8 Å². The molecule has 3 aromatic rings. The molecule has 0 radical (unpaired) electrons. The number of nitrogens with two attached hydrogens (primary N) is 1. The lowest BCUT2D eigenvalue weighted by atomic mass is 10.0. The topological polar surface area (TPSA) is 30.9 Å². The zero-order valence-corrected chi connectivity index (χ0v) is 13.7. The van der Waals surface area contributed by atoms with Crippen LogP contribution < -0.4 is 5.73 Å². The van der Waals surface area contributed by atoms with Crippen molar-refractivity contribution in [1.82, 2.24) is 4.57 Å². The Morgan fingerprint density at radius 2 is 2.15 bits per heavy atom. The first-order valence-electron chi connectivity index (χ1n) is 6.69. The molecule has 0 aliphatic rings. The summed E-state index contributed by atoms with van der Waals surface area (Å²) in [5.74, 6) is 0. The Morgan fingerprint density at radius 3 is 2.85 bits per heavy atom. The second-order valence-corrected chi connectivity index (χ2v) is 7.03. The van der Waals surface area contributed by atoms with Crippen LogP contribution in [0.2, 0.25) is 0 Å². The molecule has 0 aliphatic heterocycles. The van der Waals surface area contributed by atoms with Gasteiger partial charge < -0.3 is 10.3 Å². The van der Waals surface area contributed by atoms with E-state index in [9.17, 15) is 0 Å². The lowest BCUT2D eigenvalue weighted by molar-refractivity contribution is 0.735. The number of hydrogen-bond donors (Lipinski definition) is 1. The van der Waals surface area contributed by atoms with Crippen molar-refractivity contribution in [2.75, 3.05) is 0 Å². The number of hydrogen-bond acceptors (Lipinski definition) is 2. The molecule has 0 bridgehead atoms. The van der Waals surface area contributed by atoms with E-state index in [1.54, 1.807) is 11.3 Å². The predicted octanol–water partition coefficient (Wildman–Crippen LogP) is 4.40. The quantitative estimate of drug-likeness (QED) is 0.743. The number of aromatic nitrogens is 1. The number of benzene rings is 1. The average Bonchev–Trinajstić information content (AvgIpc) is 2.98. The summed E-state index contributed by atoms with van der Waals surface area (Å²) in [6.45, 7) is 2.96. The van der Waals surface area contributed by atoms with Gasteiger partial charge in [-0.3, -0.25) is 0 Å². The highest BCUT2D eigenvalue weighted by Gasteiger charge is 2.10. The molecule has 0 fully saturated rings. The first kappa shape index (κ1) is 13.9. The Kier molecular flexibility index (Phi) is 3.96. The molecule has 2 heterocycles. The number of nitrogens with zero attached hydrogens (tertiary/aromatic N) is 1. The normalized spacial score (nSPS) is 12.9. The Morgan fingerprint density at radius 1 is 1.30 bits per heavy atom. The lowest BCUT2D eigenvalue weighted by Crippen LogP contribution is -2.18. The maximum absolute atomic E-state index is 5.98. The molecule has 20 heavy (non-hydrogen) atoms. The molecule has 1 atom stereocenters. The molecule has 0 aliphatic carbocycles. The van der Waals surface area contributed by atoms with Crippen LogP contribution in [0.25, 0.3) is 10.9 Å². The van der Waals surface area contributed by atoms with Gasteiger partial charge in [-0.2, -0.15) is 0 Å². The first-order chi connectivity index (χ1) is 9.65. The number of halogens is 1. The van der Waals surface area contributed by atoms with E-state index < -0.39 is 0 Å². The van der Waals surface area contributed by atoms with Crippen molar-refractivity contribution in [3.05, 3.63) is 56.8 Å². The largest absolute Gasteiger partial charge is 0.342 e. The van der Waals surface area contributed by atoms with Gasteiger partial charge in [-0.05, 0) is 57.7 Å². The van der Waals surface area contributed by atoms with E-state index >= 15 is 0 Å². The zero-order valence-electron chi connectivity index (χ0n) is 11.3. The van der Waals surface area contributed by atoms with Gasteiger partial charge in [0.15, 0.2) is 0 Å². The second-order valence-electron chi connectivity index (χ2n) is 5.17. The van der Waals surface area contributed by atoms with Gasteiger partial charge >= 0.3 is 0 Å². The van der Waals surface area contributed by atoms with Crippen molar-refractivity contribution >= 4 is 38.2 Å². The summed E-state index contributed by atoms with van der Waals surface area (Å²) in [6.07, 6.45) is 3.08.